The number of nitrogens with one attached hydrogen (secondary N) is 10. The van der Waals surface area contributed by atoms with Crippen LogP contribution < -0.4 is 59.3 Å². The van der Waals surface area contributed by atoms with Gasteiger partial charge in [-0.15, -0.1) is 0 Å². The number of H-pyrrole nitrogens is 1. The summed E-state index contributed by atoms with van der Waals surface area (Å²) >= 11 is 0. The van der Waals surface area contributed by atoms with E-state index < -0.39 is 158 Å². The molecule has 2 fully saturated rings. The van der Waals surface area contributed by atoms with Gasteiger partial charge in [0.15, 0.2) is 0 Å². The molecule has 10 amide bonds. The van der Waals surface area contributed by atoms with Crippen LogP contribution in [0.3, 0.4) is 0 Å². The number of nitrogens with two attached hydrogens (primary N) is 2. The lowest BCUT2D eigenvalue weighted by molar-refractivity contribution is -0.144. The second-order valence-corrected chi connectivity index (χ2v) is 19.5. The Bertz CT molecular complexity index is 2470. The van der Waals surface area contributed by atoms with E-state index in [1.807, 2.05) is 0 Å². The number of aliphatic hydroxyl groups excluding tert-OH is 1. The van der Waals surface area contributed by atoms with Crippen LogP contribution in [0.4, 0.5) is 0 Å². The minimum Gasteiger partial charge on any atom is -0.481 e. The number of nitrogens with zero attached hydrogens (tertiary/aromatic N) is 1. The molecule has 0 aliphatic carbocycles. The Morgan fingerprint density at radius 2 is 1.40 bits per heavy atom. The number of aliphatic carboxylic acids is 2. The van der Waals surface area contributed by atoms with Crippen molar-refractivity contribution in [2.75, 3.05) is 32.7 Å². The first-order valence-electron chi connectivity index (χ1n) is 25.5. The van der Waals surface area contributed by atoms with Crippen molar-refractivity contribution in [3.05, 3.63) is 36.0 Å². The lowest BCUT2D eigenvalue weighted by Crippen LogP contribution is -2.60. The maximum atomic E-state index is 14.4. The summed E-state index contributed by atoms with van der Waals surface area (Å²) in [5.41, 5.74) is 12.0. The molecule has 0 unspecified atom stereocenters. The molecule has 3 heterocycles. The fourth-order valence-electron chi connectivity index (χ4n) is 8.79. The zero-order valence-electron chi connectivity index (χ0n) is 43.3. The number of β-amino-alcohol motifs (C(OH)–C–C–N with tert-alkyl or cyclic N) is 1. The number of unbranched alkanes of at least 4 members (excludes halogenated alkanes) is 1. The van der Waals surface area contributed by atoms with Gasteiger partial charge in [-0.1, -0.05) is 32.0 Å². The number of carbonyl (C=O) groups is 12. The minimum atomic E-state index is -1.90. The molecule has 0 radical (unpaired) electrons. The van der Waals surface area contributed by atoms with Crippen LogP contribution in [-0.4, -0.2) is 183 Å². The smallest absolute Gasteiger partial charge is 0.326 e. The predicted octanol–water partition coefficient (Wildman–Crippen LogP) is -4.41. The van der Waals surface area contributed by atoms with Crippen LogP contribution in [0.25, 0.3) is 10.9 Å². The highest BCUT2D eigenvalue weighted by Gasteiger charge is 2.38. The number of aromatic nitrogens is 1. The topological polar surface area (TPSA) is 445 Å². The third-order valence-electron chi connectivity index (χ3n) is 12.9. The van der Waals surface area contributed by atoms with Crippen molar-refractivity contribution in [1.29, 1.82) is 0 Å². The molecule has 77 heavy (non-hydrogen) atoms. The van der Waals surface area contributed by atoms with Crippen LogP contribution >= 0.6 is 0 Å². The van der Waals surface area contributed by atoms with Crippen molar-refractivity contribution in [2.45, 2.75) is 146 Å². The van der Waals surface area contributed by atoms with E-state index in [-0.39, 0.29) is 51.1 Å². The van der Waals surface area contributed by atoms with E-state index in [0.29, 0.717) is 42.3 Å². The van der Waals surface area contributed by atoms with Crippen LogP contribution in [-0.2, 0) is 64.0 Å². The van der Waals surface area contributed by atoms with E-state index in [2.05, 4.69) is 52.8 Å². The summed E-state index contributed by atoms with van der Waals surface area (Å²) in [5.74, 6) is -11.6. The fraction of sp³-hybridized carbons (Fsp3) is 0.592. The van der Waals surface area contributed by atoms with Crippen molar-refractivity contribution in [1.82, 2.24) is 57.7 Å². The van der Waals surface area contributed by atoms with Crippen molar-refractivity contribution in [2.24, 2.45) is 17.4 Å². The maximum Gasteiger partial charge on any atom is 0.326 e. The molecule has 2 saturated heterocycles. The van der Waals surface area contributed by atoms with Crippen molar-refractivity contribution in [3.8, 4) is 0 Å². The molecule has 28 nitrogen and oxygen atoms in total. The van der Waals surface area contributed by atoms with Gasteiger partial charge in [0.25, 0.3) is 0 Å². The number of carboxylic acid groups (broad SMARTS) is 2. The van der Waals surface area contributed by atoms with Crippen LogP contribution in [0.1, 0.15) is 90.5 Å². The molecule has 4 rings (SSSR count). The third kappa shape index (κ3) is 19.7. The Hall–Kier alpha value is -7.72. The number of aliphatic hydroxyl groups is 1. The molecular formula is C49H73N13O15. The number of carboxylic acids is 2. The normalized spacial score (nSPS) is 18.4. The summed E-state index contributed by atoms with van der Waals surface area (Å²) in [4.78, 5) is 161. The number of fused-ring (bicyclic) bond motifs is 1. The fourth-order valence-corrected chi connectivity index (χ4v) is 8.79. The first-order valence-corrected chi connectivity index (χ1v) is 25.5. The van der Waals surface area contributed by atoms with Crippen molar-refractivity contribution >= 4 is 81.9 Å². The van der Waals surface area contributed by atoms with E-state index in [1.165, 1.54) is 11.8 Å². The summed E-state index contributed by atoms with van der Waals surface area (Å²) in [6.07, 6.45) is 0.666. The number of hydrogen-bond donors (Lipinski definition) is 15. The van der Waals surface area contributed by atoms with E-state index in [4.69, 9.17) is 11.5 Å². The van der Waals surface area contributed by atoms with Crippen molar-refractivity contribution in [3.63, 3.8) is 0 Å². The van der Waals surface area contributed by atoms with E-state index in [0.717, 1.165) is 0 Å². The quantitative estimate of drug-likeness (QED) is 0.0317. The molecular weight excluding hydrogens is 1010 g/mol. The number of primary amides is 1. The minimum absolute atomic E-state index is 0.00665. The van der Waals surface area contributed by atoms with Crippen LogP contribution in [0.5, 0.6) is 0 Å². The molecule has 0 bridgehead atoms. The predicted molar refractivity (Wildman–Crippen MR) is 273 cm³/mol. The van der Waals surface area contributed by atoms with E-state index >= 15 is 0 Å². The van der Waals surface area contributed by atoms with Gasteiger partial charge in [-0.3, -0.25) is 52.7 Å². The van der Waals surface area contributed by atoms with Gasteiger partial charge in [-0.05, 0) is 82.4 Å². The first-order chi connectivity index (χ1) is 36.5. The molecule has 0 spiro atoms. The Balaban J connectivity index is 1.47. The third-order valence-corrected chi connectivity index (χ3v) is 12.9. The zero-order valence-corrected chi connectivity index (χ0v) is 43.3. The number of para-hydroxylation sites is 1. The van der Waals surface area contributed by atoms with Gasteiger partial charge in [0.05, 0.1) is 31.7 Å². The van der Waals surface area contributed by atoms with Gasteiger partial charge in [0.1, 0.15) is 42.3 Å². The molecule has 9 atom stereocenters. The number of hydrogen-bond acceptors (Lipinski definition) is 15. The summed E-state index contributed by atoms with van der Waals surface area (Å²) in [6.45, 7) is 4.31. The van der Waals surface area contributed by atoms with Gasteiger partial charge < -0.3 is 84.5 Å². The Kier molecular flexibility index (Phi) is 24.2. The second kappa shape index (κ2) is 30.1. The van der Waals surface area contributed by atoms with Gasteiger partial charge in [-0.25, -0.2) is 4.79 Å². The molecule has 1 aromatic heterocycles. The molecule has 28 heteroatoms. The number of amides is 10. The van der Waals surface area contributed by atoms with Gasteiger partial charge >= 0.3 is 11.9 Å². The molecule has 17 N–H and O–H groups in total. The van der Waals surface area contributed by atoms with Gasteiger partial charge in [0.2, 0.25) is 59.1 Å². The zero-order chi connectivity index (χ0) is 56.9. The highest BCUT2D eigenvalue weighted by Crippen LogP contribution is 2.21. The second-order valence-electron chi connectivity index (χ2n) is 19.5. The lowest BCUT2D eigenvalue weighted by atomic mass is 10.00. The molecule has 1 aromatic carbocycles. The largest absolute Gasteiger partial charge is 0.481 e. The summed E-state index contributed by atoms with van der Waals surface area (Å²) in [5, 5.41) is 52.2. The Morgan fingerprint density at radius 3 is 2.05 bits per heavy atom. The van der Waals surface area contributed by atoms with Gasteiger partial charge in [-0.2, -0.15) is 0 Å². The van der Waals surface area contributed by atoms with Crippen LogP contribution in [0, 0.1) is 5.92 Å². The van der Waals surface area contributed by atoms with E-state index in [1.54, 1.807) is 44.3 Å². The Morgan fingerprint density at radius 1 is 0.740 bits per heavy atom. The first kappa shape index (κ1) is 61.8. The summed E-state index contributed by atoms with van der Waals surface area (Å²) < 4.78 is 0. The highest BCUT2D eigenvalue weighted by atomic mass is 16.4. The average Bonchev–Trinajstić information content (AvgIpc) is 4.15. The Labute approximate surface area is 443 Å². The average molecular weight is 1080 g/mol. The number of likely N-dealkylation sites (tertiary alicyclic amines) is 1. The molecule has 2 aromatic rings. The standard InChI is InChI=1S/C49H73N13O15/c1-25(2)17-34(45(72)56-26(3)42(69)55-24-40(66)62-16-8-12-37(62)48(75)58-32(49(76)77)11-6-7-15-50)59-46(73)35(18-27-21-52-30-10-5-4-9-29(27)30)60-47(74)36(20-41(67)68)61-44(71)31(13-14-38(51)64)57-39(65)23-54-43(70)33-19-28(63)22-53-33/h4-5,9-10,21,25-26,28,31-37,52-53,63H,6-8,11-20,22-24,50H2,1-3H3,(H2,51,64)(H,54,70)(H,55,69)(H,56,72)(H,57,65)(H,58,75)(H,59,73)(H,60,74)(H,61,71)(H,67,68)(H,76,77)/t26-,28+,31-,32-,33-,34-,35-,36-,37-/m0/s1. The summed E-state index contributed by atoms with van der Waals surface area (Å²) in [7, 11) is 0. The number of rotatable bonds is 31. The maximum absolute atomic E-state index is 14.4. The van der Waals surface area contributed by atoms with Gasteiger partial charge in [0, 0.05) is 43.0 Å². The lowest BCUT2D eigenvalue weighted by Gasteiger charge is -2.27. The summed E-state index contributed by atoms with van der Waals surface area (Å²) in [6, 6.07) is -3.62. The highest BCUT2D eigenvalue weighted by molar-refractivity contribution is 5.99. The van der Waals surface area contributed by atoms with Crippen LogP contribution in [0.15, 0.2) is 30.5 Å². The molecule has 0 saturated carbocycles. The SMILES string of the molecule is CC(C)C[C@H](NC(=O)[C@H](Cc1c[nH]c2ccccc12)NC(=O)[C@H](CC(=O)O)NC(=O)[C@H](CCC(N)=O)NC(=O)CNC(=O)[C@@H]1C[C@@H](O)CN1)C(=O)N[C@@H](C)C(=O)NCC(=O)N1CCC[C@H]1C(=O)N[C@@H](CCCCN)C(=O)O. The van der Waals surface area contributed by atoms with Crippen LogP contribution in [0.2, 0.25) is 0 Å². The van der Waals surface area contributed by atoms with E-state index in [9.17, 15) is 72.9 Å². The molecule has 424 valence electrons. The van der Waals surface area contributed by atoms with Crippen molar-refractivity contribution < 1.29 is 72.9 Å². The number of aromatic amines is 1. The monoisotopic (exact) mass is 1080 g/mol. The molecule has 2 aliphatic rings. The number of benzene rings is 1. The molecule has 2 aliphatic heterocycles. The number of carbonyl (C=O) groups excluding carboxylic acids is 10.